The van der Waals surface area contributed by atoms with Gasteiger partial charge in [-0.05, 0) is 24.5 Å². The first kappa shape index (κ1) is 9.15. The molecule has 0 aliphatic heterocycles. The molecule has 0 fully saturated rings. The van der Waals surface area contributed by atoms with Crippen molar-refractivity contribution < 1.29 is 4.74 Å². The van der Waals surface area contributed by atoms with Crippen LogP contribution in [0.1, 0.15) is 5.69 Å². The zero-order valence-corrected chi connectivity index (χ0v) is 8.84. The molecule has 0 bridgehead atoms. The number of aromatic nitrogens is 2. The Morgan fingerprint density at radius 1 is 1.36 bits per heavy atom. The van der Waals surface area contributed by atoms with Crippen LogP contribution in [0, 0.1) is 6.92 Å². The van der Waals surface area contributed by atoms with E-state index in [0.717, 1.165) is 16.1 Å². The summed E-state index contributed by atoms with van der Waals surface area (Å²) in [5, 5.41) is 0. The Balaban J connectivity index is 2.34. The van der Waals surface area contributed by atoms with Crippen molar-refractivity contribution in [3.63, 3.8) is 0 Å². The van der Waals surface area contributed by atoms with E-state index in [9.17, 15) is 0 Å². The first-order chi connectivity index (χ1) is 6.79. The summed E-state index contributed by atoms with van der Waals surface area (Å²) < 4.78 is 9.14. The van der Waals surface area contributed by atoms with Gasteiger partial charge in [-0.15, -0.1) is 0 Å². The highest BCUT2D eigenvalue weighted by atomic mass is 32.1. The molecular weight excluding hydrogens is 196 g/mol. The third-order valence-corrected chi connectivity index (χ3v) is 2.72. The van der Waals surface area contributed by atoms with Gasteiger partial charge >= 0.3 is 0 Å². The minimum atomic E-state index is 0.658. The summed E-state index contributed by atoms with van der Waals surface area (Å²) in [5.74, 6) is 0.658. The van der Waals surface area contributed by atoms with Gasteiger partial charge in [0.25, 0.3) is 0 Å². The first-order valence-electron chi connectivity index (χ1n) is 4.23. The third-order valence-electron chi connectivity index (χ3n) is 1.89. The van der Waals surface area contributed by atoms with Gasteiger partial charge in [-0.3, -0.25) is 4.98 Å². The highest BCUT2D eigenvalue weighted by molar-refractivity contribution is 7.09. The van der Waals surface area contributed by atoms with Crippen LogP contribution in [0.2, 0.25) is 0 Å². The van der Waals surface area contributed by atoms with Crippen molar-refractivity contribution >= 4 is 11.5 Å². The zero-order valence-electron chi connectivity index (χ0n) is 8.02. The Hall–Kier alpha value is -1.42. The van der Waals surface area contributed by atoms with Crippen molar-refractivity contribution in [1.29, 1.82) is 0 Å². The number of aryl methyl sites for hydroxylation is 1. The van der Waals surface area contributed by atoms with E-state index < -0.39 is 0 Å². The summed E-state index contributed by atoms with van der Waals surface area (Å²) in [6, 6.07) is 5.94. The second-order valence-electron chi connectivity index (χ2n) is 2.92. The molecule has 2 rings (SSSR count). The van der Waals surface area contributed by atoms with Crippen LogP contribution in [0.5, 0.6) is 5.88 Å². The quantitative estimate of drug-likeness (QED) is 0.757. The summed E-state index contributed by atoms with van der Waals surface area (Å²) in [7, 11) is 1.62. The molecule has 0 N–H and O–H groups in total. The molecule has 0 saturated carbocycles. The summed E-state index contributed by atoms with van der Waals surface area (Å²) in [4.78, 5) is 5.31. The Bertz CT molecular complexity index is 422. The lowest BCUT2D eigenvalue weighted by atomic mass is 10.2. The summed E-state index contributed by atoms with van der Waals surface area (Å²) >= 11 is 1.42. The first-order valence-corrected chi connectivity index (χ1v) is 5.00. The van der Waals surface area contributed by atoms with E-state index >= 15 is 0 Å². The molecule has 0 spiro atoms. The number of nitrogens with zero attached hydrogens (tertiary/aromatic N) is 2. The van der Waals surface area contributed by atoms with E-state index in [4.69, 9.17) is 4.74 Å². The molecule has 3 nitrogen and oxygen atoms in total. The Morgan fingerprint density at radius 3 is 2.79 bits per heavy atom. The van der Waals surface area contributed by atoms with E-state index in [2.05, 4.69) is 9.36 Å². The van der Waals surface area contributed by atoms with Gasteiger partial charge in [0.1, 0.15) is 0 Å². The van der Waals surface area contributed by atoms with Gasteiger partial charge in [0.2, 0.25) is 5.88 Å². The standard InChI is InChI=1S/C10H10N2OS/c1-7-3-4-8(6-11-7)9-5-10(13-2)12-14-9/h3-6H,1-2H3. The Morgan fingerprint density at radius 2 is 2.21 bits per heavy atom. The van der Waals surface area contributed by atoms with Crippen LogP contribution in [0.15, 0.2) is 24.4 Å². The summed E-state index contributed by atoms with van der Waals surface area (Å²) in [6.07, 6.45) is 1.85. The summed E-state index contributed by atoms with van der Waals surface area (Å²) in [5.41, 5.74) is 2.10. The third kappa shape index (κ3) is 1.75. The number of rotatable bonds is 2. The molecule has 2 aromatic heterocycles. The van der Waals surface area contributed by atoms with Gasteiger partial charge in [-0.2, -0.15) is 4.37 Å². The largest absolute Gasteiger partial charge is 0.480 e. The smallest absolute Gasteiger partial charge is 0.225 e. The Kier molecular flexibility index (Phi) is 2.45. The minimum absolute atomic E-state index is 0.658. The monoisotopic (exact) mass is 206 g/mol. The van der Waals surface area contributed by atoms with Crippen molar-refractivity contribution in [2.24, 2.45) is 0 Å². The second kappa shape index (κ2) is 3.75. The molecule has 14 heavy (non-hydrogen) atoms. The molecule has 0 aromatic carbocycles. The molecule has 0 atom stereocenters. The average Bonchev–Trinajstić information content (AvgIpc) is 2.67. The van der Waals surface area contributed by atoms with E-state index in [0.29, 0.717) is 5.88 Å². The lowest BCUT2D eigenvalue weighted by Gasteiger charge is -1.95. The predicted octanol–water partition coefficient (Wildman–Crippen LogP) is 2.52. The van der Waals surface area contributed by atoms with Crippen molar-refractivity contribution in [2.45, 2.75) is 6.92 Å². The highest BCUT2D eigenvalue weighted by Crippen LogP contribution is 2.27. The predicted molar refractivity (Wildman–Crippen MR) is 56.6 cm³/mol. The van der Waals surface area contributed by atoms with Crippen LogP contribution in [-0.4, -0.2) is 16.5 Å². The average molecular weight is 206 g/mol. The van der Waals surface area contributed by atoms with Gasteiger partial charge in [-0.25, -0.2) is 0 Å². The van der Waals surface area contributed by atoms with Crippen molar-refractivity contribution in [1.82, 2.24) is 9.36 Å². The van der Waals surface area contributed by atoms with Crippen LogP contribution >= 0.6 is 11.5 Å². The van der Waals surface area contributed by atoms with E-state index in [1.807, 2.05) is 31.3 Å². The van der Waals surface area contributed by atoms with Crippen molar-refractivity contribution in [3.05, 3.63) is 30.1 Å². The highest BCUT2D eigenvalue weighted by Gasteiger charge is 2.03. The van der Waals surface area contributed by atoms with Crippen LogP contribution in [0.3, 0.4) is 0 Å². The molecule has 0 aliphatic carbocycles. The fourth-order valence-electron chi connectivity index (χ4n) is 1.10. The SMILES string of the molecule is COc1cc(-c2ccc(C)nc2)sn1. The van der Waals surface area contributed by atoms with Crippen LogP contribution in [-0.2, 0) is 0 Å². The normalized spacial score (nSPS) is 10.1. The fourth-order valence-corrected chi connectivity index (χ4v) is 1.80. The molecule has 0 radical (unpaired) electrons. The maximum atomic E-state index is 5.02. The van der Waals surface area contributed by atoms with Gasteiger partial charge in [0.05, 0.1) is 12.0 Å². The van der Waals surface area contributed by atoms with E-state index in [-0.39, 0.29) is 0 Å². The summed E-state index contributed by atoms with van der Waals surface area (Å²) in [6.45, 7) is 1.97. The topological polar surface area (TPSA) is 35.0 Å². The van der Waals surface area contributed by atoms with Gasteiger partial charge in [0.15, 0.2) is 0 Å². The molecule has 0 aliphatic rings. The van der Waals surface area contributed by atoms with Gasteiger partial charge in [-0.1, -0.05) is 6.07 Å². The molecule has 0 saturated heterocycles. The molecule has 2 aromatic rings. The number of hydrogen-bond donors (Lipinski definition) is 0. The molecule has 2 heterocycles. The molecular formula is C10H10N2OS. The van der Waals surface area contributed by atoms with Crippen LogP contribution in [0.4, 0.5) is 0 Å². The molecule has 4 heteroatoms. The lowest BCUT2D eigenvalue weighted by molar-refractivity contribution is 0.403. The van der Waals surface area contributed by atoms with Crippen molar-refractivity contribution in [3.8, 4) is 16.3 Å². The number of pyridine rings is 1. The fraction of sp³-hybridized carbons (Fsp3) is 0.200. The Labute approximate surface area is 86.6 Å². The maximum Gasteiger partial charge on any atom is 0.225 e. The lowest BCUT2D eigenvalue weighted by Crippen LogP contribution is -1.80. The zero-order chi connectivity index (χ0) is 9.97. The second-order valence-corrected chi connectivity index (χ2v) is 3.73. The van der Waals surface area contributed by atoms with Crippen LogP contribution in [0.25, 0.3) is 10.4 Å². The van der Waals surface area contributed by atoms with Gasteiger partial charge < -0.3 is 4.74 Å². The van der Waals surface area contributed by atoms with E-state index in [1.165, 1.54) is 11.5 Å². The maximum absolute atomic E-state index is 5.02. The molecule has 0 amide bonds. The molecule has 0 unspecified atom stereocenters. The van der Waals surface area contributed by atoms with Gasteiger partial charge in [0, 0.05) is 23.5 Å². The van der Waals surface area contributed by atoms with E-state index in [1.54, 1.807) is 7.11 Å². The number of ether oxygens (including phenoxy) is 1. The minimum Gasteiger partial charge on any atom is -0.480 e. The number of methoxy groups -OCH3 is 1. The molecule has 72 valence electrons. The van der Waals surface area contributed by atoms with Crippen molar-refractivity contribution in [2.75, 3.05) is 7.11 Å². The van der Waals surface area contributed by atoms with Crippen LogP contribution < -0.4 is 4.74 Å². The number of hydrogen-bond acceptors (Lipinski definition) is 4.